The van der Waals surface area contributed by atoms with E-state index in [-0.39, 0.29) is 12.3 Å². The number of hydrogen-bond donors (Lipinski definition) is 2. The average molecular weight is 394 g/mol. The number of thioether (sulfide) groups is 1. The smallest absolute Gasteiger partial charge is 0.326 e. The lowest BCUT2D eigenvalue weighted by molar-refractivity contribution is -0.141. The molecule has 0 spiro atoms. The van der Waals surface area contributed by atoms with Gasteiger partial charge in [-0.25, -0.2) is 4.79 Å². The van der Waals surface area contributed by atoms with Crippen LogP contribution in [0.3, 0.4) is 0 Å². The molecule has 5 nitrogen and oxygen atoms in total. The lowest BCUT2D eigenvalue weighted by Gasteiger charge is -2.14. The zero-order chi connectivity index (χ0) is 17.9. The van der Waals surface area contributed by atoms with Crippen LogP contribution in [0.5, 0.6) is 5.75 Å². The molecule has 0 aliphatic rings. The fourth-order valence-corrected chi connectivity index (χ4v) is 3.03. The summed E-state index contributed by atoms with van der Waals surface area (Å²) in [6, 6.07) is 4.07. The molecule has 0 aliphatic heterocycles. The van der Waals surface area contributed by atoms with Gasteiger partial charge >= 0.3 is 5.97 Å². The summed E-state index contributed by atoms with van der Waals surface area (Å²) in [5, 5.41) is 12.6. The van der Waals surface area contributed by atoms with Gasteiger partial charge in [-0.2, -0.15) is 11.8 Å². The van der Waals surface area contributed by atoms with Crippen molar-refractivity contribution in [2.45, 2.75) is 32.2 Å². The number of ether oxygens (including phenoxy) is 1. The Labute approximate surface area is 156 Å². The van der Waals surface area contributed by atoms with Crippen LogP contribution < -0.4 is 10.1 Å². The number of halogens is 2. The number of aliphatic carboxylic acids is 1. The number of carbonyl (C=O) groups excluding carboxylic acids is 1. The Kier molecular flexibility index (Phi) is 9.98. The van der Waals surface area contributed by atoms with Gasteiger partial charge in [-0.15, -0.1) is 0 Å². The van der Waals surface area contributed by atoms with E-state index in [9.17, 15) is 9.59 Å². The summed E-state index contributed by atoms with van der Waals surface area (Å²) in [5.74, 6) is 0.817. The van der Waals surface area contributed by atoms with Crippen LogP contribution >= 0.6 is 35.0 Å². The van der Waals surface area contributed by atoms with Crippen molar-refractivity contribution in [3.8, 4) is 5.75 Å². The maximum Gasteiger partial charge on any atom is 0.326 e. The number of amides is 1. The maximum absolute atomic E-state index is 11.8. The fraction of sp³-hybridized carbons (Fsp3) is 0.500. The van der Waals surface area contributed by atoms with Crippen LogP contribution in [0.4, 0.5) is 0 Å². The molecular formula is C16H21Cl2NO4S. The molecule has 1 atom stereocenters. The van der Waals surface area contributed by atoms with Gasteiger partial charge in [0.2, 0.25) is 5.91 Å². The van der Waals surface area contributed by atoms with Gasteiger partial charge in [0.05, 0.1) is 11.6 Å². The molecular weight excluding hydrogens is 373 g/mol. The Hall–Kier alpha value is -1.11. The highest BCUT2D eigenvalue weighted by Gasteiger charge is 2.19. The molecule has 24 heavy (non-hydrogen) atoms. The summed E-state index contributed by atoms with van der Waals surface area (Å²) in [4.78, 5) is 23.0. The highest BCUT2D eigenvalue weighted by atomic mass is 35.5. The molecule has 1 unspecified atom stereocenters. The molecule has 2 N–H and O–H groups in total. The SMILES string of the molecule is CCSCCC(NC(=O)CCCOc1ccc(Cl)cc1Cl)C(=O)O. The van der Waals surface area contributed by atoms with Crippen molar-refractivity contribution >= 4 is 46.8 Å². The lowest BCUT2D eigenvalue weighted by atomic mass is 10.2. The van der Waals surface area contributed by atoms with Gasteiger partial charge in [0.1, 0.15) is 11.8 Å². The number of hydrogen-bond acceptors (Lipinski definition) is 4. The summed E-state index contributed by atoms with van der Waals surface area (Å²) in [6.07, 6.45) is 1.06. The first-order valence-corrected chi connectivity index (χ1v) is 9.52. The standard InChI is InChI=1S/C16H21Cl2NO4S/c1-2-24-9-7-13(16(21)22)19-15(20)4-3-8-23-14-6-5-11(17)10-12(14)18/h5-6,10,13H,2-4,7-9H2,1H3,(H,19,20)(H,21,22). The first-order chi connectivity index (χ1) is 11.4. The van der Waals surface area contributed by atoms with E-state index in [4.69, 9.17) is 33.0 Å². The van der Waals surface area contributed by atoms with Gasteiger partial charge in [-0.1, -0.05) is 30.1 Å². The summed E-state index contributed by atoms with van der Waals surface area (Å²) >= 11 is 13.4. The Morgan fingerprint density at radius 2 is 2.12 bits per heavy atom. The van der Waals surface area contributed by atoms with E-state index < -0.39 is 12.0 Å². The molecule has 1 aromatic carbocycles. The van der Waals surface area contributed by atoms with E-state index in [1.165, 1.54) is 0 Å². The zero-order valence-corrected chi connectivity index (χ0v) is 15.7. The van der Waals surface area contributed by atoms with Crippen molar-refractivity contribution in [1.82, 2.24) is 5.32 Å². The van der Waals surface area contributed by atoms with Gasteiger partial charge in [0.25, 0.3) is 0 Å². The molecule has 0 bridgehead atoms. The number of carbonyl (C=O) groups is 2. The second kappa shape index (κ2) is 11.4. The van der Waals surface area contributed by atoms with Crippen LogP contribution in [-0.2, 0) is 9.59 Å². The Morgan fingerprint density at radius 3 is 2.75 bits per heavy atom. The molecule has 0 heterocycles. The molecule has 1 rings (SSSR count). The quantitative estimate of drug-likeness (QED) is 0.558. The van der Waals surface area contributed by atoms with Gasteiger partial charge in [-0.3, -0.25) is 4.79 Å². The predicted molar refractivity (Wildman–Crippen MR) is 98.4 cm³/mol. The summed E-state index contributed by atoms with van der Waals surface area (Å²) in [6.45, 7) is 2.31. The molecule has 0 saturated carbocycles. The third-order valence-electron chi connectivity index (χ3n) is 3.09. The summed E-state index contributed by atoms with van der Waals surface area (Å²) in [5.41, 5.74) is 0. The predicted octanol–water partition coefficient (Wildman–Crippen LogP) is 3.87. The minimum Gasteiger partial charge on any atom is -0.492 e. The van der Waals surface area contributed by atoms with Crippen molar-refractivity contribution in [1.29, 1.82) is 0 Å². The molecule has 0 fully saturated rings. The maximum atomic E-state index is 11.8. The van der Waals surface area contributed by atoms with Crippen LogP contribution in [-0.4, -0.2) is 41.1 Å². The average Bonchev–Trinajstić information content (AvgIpc) is 2.52. The molecule has 0 radical (unpaired) electrons. The van der Waals surface area contributed by atoms with E-state index in [2.05, 4.69) is 5.32 Å². The van der Waals surface area contributed by atoms with E-state index in [1.807, 2.05) is 6.92 Å². The number of carboxylic acid groups (broad SMARTS) is 1. The van der Waals surface area contributed by atoms with Crippen molar-refractivity contribution < 1.29 is 19.4 Å². The minimum absolute atomic E-state index is 0.190. The molecule has 0 saturated heterocycles. The highest BCUT2D eigenvalue weighted by molar-refractivity contribution is 7.99. The van der Waals surface area contributed by atoms with Gasteiger partial charge < -0.3 is 15.2 Å². The van der Waals surface area contributed by atoms with Gasteiger partial charge in [0.15, 0.2) is 0 Å². The largest absolute Gasteiger partial charge is 0.492 e. The number of rotatable bonds is 11. The monoisotopic (exact) mass is 393 g/mol. The second-order valence-corrected chi connectivity index (χ2v) is 7.21. The Morgan fingerprint density at radius 1 is 1.38 bits per heavy atom. The van der Waals surface area contributed by atoms with E-state index in [0.717, 1.165) is 5.75 Å². The van der Waals surface area contributed by atoms with E-state index >= 15 is 0 Å². The molecule has 8 heteroatoms. The van der Waals surface area contributed by atoms with Crippen LogP contribution in [0.25, 0.3) is 0 Å². The normalized spacial score (nSPS) is 11.8. The third-order valence-corrected chi connectivity index (χ3v) is 4.55. The number of carboxylic acids is 1. The van der Waals surface area contributed by atoms with Crippen LogP contribution in [0.1, 0.15) is 26.2 Å². The zero-order valence-electron chi connectivity index (χ0n) is 13.4. The lowest BCUT2D eigenvalue weighted by Crippen LogP contribution is -2.41. The molecule has 134 valence electrons. The molecule has 1 aromatic rings. The highest BCUT2D eigenvalue weighted by Crippen LogP contribution is 2.27. The van der Waals surface area contributed by atoms with Gasteiger partial charge in [0, 0.05) is 11.4 Å². The third kappa shape index (κ3) is 8.13. The first kappa shape index (κ1) is 20.9. The Bertz CT molecular complexity index is 557. The first-order valence-electron chi connectivity index (χ1n) is 7.61. The van der Waals surface area contributed by atoms with E-state index in [0.29, 0.717) is 41.0 Å². The van der Waals surface area contributed by atoms with Crippen molar-refractivity contribution in [2.24, 2.45) is 0 Å². The van der Waals surface area contributed by atoms with Crippen LogP contribution in [0.2, 0.25) is 10.0 Å². The van der Waals surface area contributed by atoms with E-state index in [1.54, 1.807) is 30.0 Å². The fourth-order valence-electron chi connectivity index (χ4n) is 1.88. The number of nitrogens with one attached hydrogen (secondary N) is 1. The molecule has 1 amide bonds. The van der Waals surface area contributed by atoms with Gasteiger partial charge in [-0.05, 0) is 42.5 Å². The van der Waals surface area contributed by atoms with Crippen LogP contribution in [0, 0.1) is 0 Å². The summed E-state index contributed by atoms with van der Waals surface area (Å²) < 4.78 is 5.48. The Balaban J connectivity index is 2.30. The van der Waals surface area contributed by atoms with Crippen molar-refractivity contribution in [3.63, 3.8) is 0 Å². The number of benzene rings is 1. The molecule has 0 aromatic heterocycles. The minimum atomic E-state index is -1.01. The topological polar surface area (TPSA) is 75.6 Å². The van der Waals surface area contributed by atoms with Crippen molar-refractivity contribution in [2.75, 3.05) is 18.1 Å². The van der Waals surface area contributed by atoms with Crippen molar-refractivity contribution in [3.05, 3.63) is 28.2 Å². The second-order valence-electron chi connectivity index (χ2n) is 4.97. The van der Waals surface area contributed by atoms with Crippen LogP contribution in [0.15, 0.2) is 18.2 Å². The molecule has 0 aliphatic carbocycles. The summed E-state index contributed by atoms with van der Waals surface area (Å²) in [7, 11) is 0.